The van der Waals surface area contributed by atoms with Crippen LogP contribution in [-0.2, 0) is 0 Å². The molecular weight excluding hydrogens is 247 g/mol. The van der Waals surface area contributed by atoms with Crippen molar-refractivity contribution in [2.24, 2.45) is 0 Å². The van der Waals surface area contributed by atoms with Crippen LogP contribution in [0.5, 0.6) is 5.75 Å². The number of methoxy groups -OCH3 is 1. The number of alkyl halides is 3. The Morgan fingerprint density at radius 1 is 1.44 bits per heavy atom. The van der Waals surface area contributed by atoms with Gasteiger partial charge in [0.2, 0.25) is 0 Å². The summed E-state index contributed by atoms with van der Waals surface area (Å²) in [6.45, 7) is -0.298. The summed E-state index contributed by atoms with van der Waals surface area (Å²) in [5.74, 6) is 0.276. The monoisotopic (exact) mass is 255 g/mol. The predicted molar refractivity (Wildman–Crippen MR) is 52.8 cm³/mol. The van der Waals surface area contributed by atoms with E-state index >= 15 is 0 Å². The second kappa shape index (κ2) is 5.20. The average molecular weight is 256 g/mol. The first kappa shape index (κ1) is 12.8. The van der Waals surface area contributed by atoms with E-state index in [9.17, 15) is 13.2 Å². The smallest absolute Gasteiger partial charge is 0.390 e. The first-order valence-electron chi connectivity index (χ1n) is 4.29. The maximum atomic E-state index is 11.9. The third kappa shape index (κ3) is 3.73. The molecule has 1 heterocycles. The largest absolute Gasteiger partial charge is 0.490 e. The molecule has 0 fully saturated rings. The summed E-state index contributed by atoms with van der Waals surface area (Å²) in [5.41, 5.74) is 0. The van der Waals surface area contributed by atoms with Crippen molar-refractivity contribution in [3.8, 4) is 5.75 Å². The molecule has 90 valence electrons. The summed E-state index contributed by atoms with van der Waals surface area (Å²) in [7, 11) is 1.33. The van der Waals surface area contributed by atoms with Crippen molar-refractivity contribution < 1.29 is 17.9 Å². The van der Waals surface area contributed by atoms with Crippen molar-refractivity contribution in [1.29, 1.82) is 0 Å². The highest BCUT2D eigenvalue weighted by Crippen LogP contribution is 2.28. The molecule has 0 aromatic carbocycles. The summed E-state index contributed by atoms with van der Waals surface area (Å²) in [6.07, 6.45) is -4.03. The normalized spacial score (nSPS) is 11.3. The van der Waals surface area contributed by atoms with Gasteiger partial charge in [0, 0.05) is 6.54 Å². The lowest BCUT2D eigenvalue weighted by atomic mass is 10.4. The molecule has 0 amide bonds. The lowest BCUT2D eigenvalue weighted by Crippen LogP contribution is -2.15. The molecule has 0 aliphatic heterocycles. The molecule has 0 aliphatic rings. The van der Waals surface area contributed by atoms with Gasteiger partial charge in [0.1, 0.15) is 6.33 Å². The third-order valence-corrected chi connectivity index (χ3v) is 1.93. The summed E-state index contributed by atoms with van der Waals surface area (Å²) in [4.78, 5) is 7.37. The van der Waals surface area contributed by atoms with E-state index in [1.807, 2.05) is 0 Å². The summed E-state index contributed by atoms with van der Waals surface area (Å²) in [5, 5.41) is 2.53. The van der Waals surface area contributed by atoms with Crippen LogP contribution in [0.2, 0.25) is 5.15 Å². The number of nitrogens with one attached hydrogen (secondary N) is 1. The van der Waals surface area contributed by atoms with Gasteiger partial charge in [-0.05, 0) is 0 Å². The lowest BCUT2D eigenvalue weighted by Gasteiger charge is -2.11. The van der Waals surface area contributed by atoms with E-state index in [1.165, 1.54) is 7.11 Å². The molecule has 0 aliphatic carbocycles. The second-order valence-corrected chi connectivity index (χ2v) is 3.20. The second-order valence-electron chi connectivity index (χ2n) is 2.84. The fourth-order valence-electron chi connectivity index (χ4n) is 0.982. The standard InChI is InChI=1S/C8H9ClF3N3O/c1-16-5-6(9)14-4-15-7(5)13-3-2-8(10,11)12/h4H,2-3H2,1H3,(H,13,14,15). The highest BCUT2D eigenvalue weighted by atomic mass is 35.5. The van der Waals surface area contributed by atoms with Crippen LogP contribution in [-0.4, -0.2) is 29.8 Å². The van der Waals surface area contributed by atoms with Gasteiger partial charge in [0.25, 0.3) is 0 Å². The van der Waals surface area contributed by atoms with E-state index in [4.69, 9.17) is 16.3 Å². The van der Waals surface area contributed by atoms with Gasteiger partial charge < -0.3 is 10.1 Å². The van der Waals surface area contributed by atoms with E-state index in [-0.39, 0.29) is 23.3 Å². The van der Waals surface area contributed by atoms with Crippen molar-refractivity contribution in [1.82, 2.24) is 9.97 Å². The van der Waals surface area contributed by atoms with Gasteiger partial charge in [0.15, 0.2) is 16.7 Å². The Labute approximate surface area is 94.8 Å². The molecule has 0 unspecified atom stereocenters. The fourth-order valence-corrected chi connectivity index (χ4v) is 1.19. The van der Waals surface area contributed by atoms with E-state index in [0.717, 1.165) is 6.33 Å². The molecule has 0 spiro atoms. The quantitative estimate of drug-likeness (QED) is 0.840. The SMILES string of the molecule is COc1c(Cl)ncnc1NCCC(F)(F)F. The van der Waals surface area contributed by atoms with Crippen LogP contribution in [0.1, 0.15) is 6.42 Å². The number of hydrogen-bond donors (Lipinski definition) is 1. The zero-order valence-corrected chi connectivity index (χ0v) is 9.06. The zero-order valence-electron chi connectivity index (χ0n) is 8.31. The minimum absolute atomic E-state index is 0.0482. The van der Waals surface area contributed by atoms with Gasteiger partial charge in [0.05, 0.1) is 13.5 Å². The number of rotatable bonds is 4. The summed E-state index contributed by atoms with van der Waals surface area (Å²) < 4.78 is 40.5. The Morgan fingerprint density at radius 3 is 2.69 bits per heavy atom. The molecule has 0 saturated heterocycles. The Hall–Kier alpha value is -1.24. The Kier molecular flexibility index (Phi) is 4.17. The molecule has 1 aromatic rings. The highest BCUT2D eigenvalue weighted by molar-refractivity contribution is 6.31. The number of ether oxygens (including phenoxy) is 1. The molecule has 8 heteroatoms. The van der Waals surface area contributed by atoms with Crippen molar-refractivity contribution in [3.05, 3.63) is 11.5 Å². The molecule has 1 N–H and O–H groups in total. The van der Waals surface area contributed by atoms with Crippen molar-refractivity contribution in [2.45, 2.75) is 12.6 Å². The highest BCUT2D eigenvalue weighted by Gasteiger charge is 2.26. The summed E-state index contributed by atoms with van der Waals surface area (Å²) >= 11 is 5.66. The number of halogens is 4. The van der Waals surface area contributed by atoms with Crippen LogP contribution < -0.4 is 10.1 Å². The molecular formula is C8H9ClF3N3O. The molecule has 16 heavy (non-hydrogen) atoms. The maximum absolute atomic E-state index is 11.9. The van der Waals surface area contributed by atoms with E-state index in [1.54, 1.807) is 0 Å². The topological polar surface area (TPSA) is 47.0 Å². The molecule has 0 radical (unpaired) electrons. The van der Waals surface area contributed by atoms with Crippen LogP contribution in [0.3, 0.4) is 0 Å². The molecule has 1 rings (SSSR count). The van der Waals surface area contributed by atoms with Crippen LogP contribution in [0.15, 0.2) is 6.33 Å². The number of aromatic nitrogens is 2. The molecule has 1 aromatic heterocycles. The van der Waals surface area contributed by atoms with Gasteiger partial charge in [-0.3, -0.25) is 0 Å². The Balaban J connectivity index is 2.64. The predicted octanol–water partition coefficient (Wildman–Crippen LogP) is 2.50. The first-order chi connectivity index (χ1) is 7.44. The Bertz CT molecular complexity index is 359. The van der Waals surface area contributed by atoms with Gasteiger partial charge in [-0.1, -0.05) is 11.6 Å². The van der Waals surface area contributed by atoms with Crippen LogP contribution in [0, 0.1) is 0 Å². The van der Waals surface area contributed by atoms with E-state index in [2.05, 4.69) is 15.3 Å². The lowest BCUT2D eigenvalue weighted by molar-refractivity contribution is -0.131. The fraction of sp³-hybridized carbons (Fsp3) is 0.500. The van der Waals surface area contributed by atoms with Gasteiger partial charge in [-0.2, -0.15) is 13.2 Å². The zero-order chi connectivity index (χ0) is 12.2. The van der Waals surface area contributed by atoms with Crippen molar-refractivity contribution in [2.75, 3.05) is 19.0 Å². The van der Waals surface area contributed by atoms with Gasteiger partial charge >= 0.3 is 6.18 Å². The molecule has 0 saturated carbocycles. The maximum Gasteiger partial charge on any atom is 0.390 e. The van der Waals surface area contributed by atoms with E-state index < -0.39 is 12.6 Å². The average Bonchev–Trinajstić information content (AvgIpc) is 2.16. The number of anilines is 1. The van der Waals surface area contributed by atoms with Crippen molar-refractivity contribution >= 4 is 17.4 Å². The number of nitrogens with zero attached hydrogens (tertiary/aromatic N) is 2. The first-order valence-corrected chi connectivity index (χ1v) is 4.67. The molecule has 0 bridgehead atoms. The van der Waals surface area contributed by atoms with E-state index in [0.29, 0.717) is 0 Å². The van der Waals surface area contributed by atoms with Gasteiger partial charge in [-0.25, -0.2) is 9.97 Å². The third-order valence-electron chi connectivity index (χ3n) is 1.67. The van der Waals surface area contributed by atoms with Crippen LogP contribution in [0.25, 0.3) is 0 Å². The number of hydrogen-bond acceptors (Lipinski definition) is 4. The van der Waals surface area contributed by atoms with Crippen LogP contribution in [0.4, 0.5) is 19.0 Å². The molecule has 4 nitrogen and oxygen atoms in total. The van der Waals surface area contributed by atoms with Crippen molar-refractivity contribution in [3.63, 3.8) is 0 Å². The Morgan fingerprint density at radius 2 is 2.12 bits per heavy atom. The summed E-state index contributed by atoms with van der Waals surface area (Å²) in [6, 6.07) is 0. The van der Waals surface area contributed by atoms with Gasteiger partial charge in [-0.15, -0.1) is 0 Å². The minimum Gasteiger partial charge on any atom is -0.490 e. The van der Waals surface area contributed by atoms with Crippen LogP contribution >= 0.6 is 11.6 Å². The minimum atomic E-state index is -4.21. The molecule has 0 atom stereocenters.